The number of carbonyl (C=O) groups is 1. The van der Waals surface area contributed by atoms with Gasteiger partial charge >= 0.3 is 0 Å². The van der Waals surface area contributed by atoms with Crippen LogP contribution in [0.25, 0.3) is 11.1 Å². The van der Waals surface area contributed by atoms with Gasteiger partial charge in [-0.3, -0.25) is 9.78 Å². The molecule has 0 fully saturated rings. The van der Waals surface area contributed by atoms with Crippen LogP contribution in [0.15, 0.2) is 48.9 Å². The van der Waals surface area contributed by atoms with Crippen LogP contribution in [0.3, 0.4) is 0 Å². The summed E-state index contributed by atoms with van der Waals surface area (Å²) in [5.74, 6) is 0.617. The van der Waals surface area contributed by atoms with Crippen molar-refractivity contribution in [2.45, 2.75) is 20.0 Å². The lowest BCUT2D eigenvalue weighted by molar-refractivity contribution is 0.0778. The van der Waals surface area contributed by atoms with Crippen LogP contribution in [0.4, 0.5) is 0 Å². The first-order chi connectivity index (χ1) is 13.1. The van der Waals surface area contributed by atoms with E-state index in [1.807, 2.05) is 47.9 Å². The Bertz CT molecular complexity index is 908. The molecule has 2 aromatic heterocycles. The molecule has 0 unspecified atom stereocenters. The van der Waals surface area contributed by atoms with Gasteiger partial charge < -0.3 is 14.2 Å². The molecule has 0 saturated heterocycles. The molecule has 3 rings (SSSR count). The lowest BCUT2D eigenvalue weighted by Gasteiger charge is -2.20. The van der Waals surface area contributed by atoms with E-state index in [-0.39, 0.29) is 5.91 Å². The number of amides is 1. The van der Waals surface area contributed by atoms with Crippen molar-refractivity contribution in [2.24, 2.45) is 0 Å². The van der Waals surface area contributed by atoms with Crippen molar-refractivity contribution in [3.05, 3.63) is 66.0 Å². The number of methoxy groups -OCH3 is 1. The molecule has 1 amide bonds. The number of carbonyl (C=O) groups excluding carboxylic acids is 1. The van der Waals surface area contributed by atoms with E-state index in [4.69, 9.17) is 4.74 Å². The third kappa shape index (κ3) is 4.20. The Morgan fingerprint density at radius 3 is 2.74 bits per heavy atom. The van der Waals surface area contributed by atoms with Gasteiger partial charge in [-0.15, -0.1) is 10.2 Å². The van der Waals surface area contributed by atoms with E-state index in [1.54, 1.807) is 31.6 Å². The summed E-state index contributed by atoms with van der Waals surface area (Å²) in [5, 5.41) is 8.09. The van der Waals surface area contributed by atoms with Crippen LogP contribution in [-0.2, 0) is 17.8 Å². The number of rotatable bonds is 7. The Labute approximate surface area is 158 Å². The van der Waals surface area contributed by atoms with Gasteiger partial charge in [0.2, 0.25) is 0 Å². The Morgan fingerprint density at radius 2 is 2.00 bits per heavy atom. The van der Waals surface area contributed by atoms with Crippen molar-refractivity contribution in [1.82, 2.24) is 24.6 Å². The molecule has 0 N–H and O–H groups in total. The summed E-state index contributed by atoms with van der Waals surface area (Å²) in [5.41, 5.74) is 3.17. The van der Waals surface area contributed by atoms with Crippen molar-refractivity contribution in [1.29, 1.82) is 0 Å². The zero-order valence-corrected chi connectivity index (χ0v) is 15.8. The van der Waals surface area contributed by atoms with Crippen molar-refractivity contribution in [3.63, 3.8) is 0 Å². The fraction of sp³-hybridized carbons (Fsp3) is 0.300. The maximum absolute atomic E-state index is 13.2. The SMILES string of the molecule is COCCn1cnnc1CN(C)C(=O)c1c(-c2ccccc2)ccnc1C. The van der Waals surface area contributed by atoms with Crippen LogP contribution in [0.5, 0.6) is 0 Å². The summed E-state index contributed by atoms with van der Waals surface area (Å²) in [4.78, 5) is 19.2. The molecular formula is C20H23N5O2. The molecule has 1 aromatic carbocycles. The monoisotopic (exact) mass is 365 g/mol. The molecule has 0 radical (unpaired) electrons. The number of aryl methyl sites for hydroxylation is 1. The number of pyridine rings is 1. The molecule has 0 aliphatic heterocycles. The zero-order chi connectivity index (χ0) is 19.2. The van der Waals surface area contributed by atoms with Crippen LogP contribution in [0.1, 0.15) is 21.9 Å². The Morgan fingerprint density at radius 1 is 1.22 bits per heavy atom. The zero-order valence-electron chi connectivity index (χ0n) is 15.8. The van der Waals surface area contributed by atoms with E-state index in [0.29, 0.717) is 36.8 Å². The second-order valence-electron chi connectivity index (χ2n) is 6.28. The van der Waals surface area contributed by atoms with E-state index >= 15 is 0 Å². The molecule has 0 saturated carbocycles. The highest BCUT2D eigenvalue weighted by Gasteiger charge is 2.21. The second-order valence-corrected chi connectivity index (χ2v) is 6.28. The maximum atomic E-state index is 13.2. The molecule has 0 spiro atoms. The third-order valence-electron chi connectivity index (χ3n) is 4.40. The standard InChI is InChI=1S/C20H23N5O2/c1-15-19(17(9-10-21-15)16-7-5-4-6-8-16)20(26)24(2)13-18-23-22-14-25(18)11-12-27-3/h4-10,14H,11-13H2,1-3H3. The highest BCUT2D eigenvalue weighted by atomic mass is 16.5. The van der Waals surface area contributed by atoms with Crippen LogP contribution >= 0.6 is 0 Å². The van der Waals surface area contributed by atoms with Crippen molar-refractivity contribution in [2.75, 3.05) is 20.8 Å². The van der Waals surface area contributed by atoms with Gasteiger partial charge in [-0.1, -0.05) is 30.3 Å². The quantitative estimate of drug-likeness (QED) is 0.643. The summed E-state index contributed by atoms with van der Waals surface area (Å²) in [6.45, 7) is 3.41. The van der Waals surface area contributed by atoms with Gasteiger partial charge in [0.05, 0.1) is 24.4 Å². The van der Waals surface area contributed by atoms with E-state index in [2.05, 4.69) is 15.2 Å². The molecule has 0 bridgehead atoms. The largest absolute Gasteiger partial charge is 0.383 e. The number of benzene rings is 1. The molecule has 7 nitrogen and oxygen atoms in total. The van der Waals surface area contributed by atoms with Crippen LogP contribution in [0.2, 0.25) is 0 Å². The highest BCUT2D eigenvalue weighted by molar-refractivity contribution is 6.01. The first kappa shape index (κ1) is 18.7. The van der Waals surface area contributed by atoms with E-state index in [1.165, 1.54) is 0 Å². The summed E-state index contributed by atoms with van der Waals surface area (Å²) >= 11 is 0. The Kier molecular flexibility index (Phi) is 5.93. The summed E-state index contributed by atoms with van der Waals surface area (Å²) in [7, 11) is 3.41. The predicted octanol–water partition coefficient (Wildman–Crippen LogP) is 2.57. The molecule has 0 atom stereocenters. The van der Waals surface area contributed by atoms with Crippen LogP contribution in [-0.4, -0.2) is 51.3 Å². The minimum atomic E-state index is -0.0965. The molecular weight excluding hydrogens is 342 g/mol. The summed E-state index contributed by atoms with van der Waals surface area (Å²) in [6, 6.07) is 11.7. The van der Waals surface area contributed by atoms with Gasteiger partial charge in [0, 0.05) is 26.9 Å². The fourth-order valence-electron chi connectivity index (χ4n) is 2.95. The van der Waals surface area contributed by atoms with E-state index in [0.717, 1.165) is 11.1 Å². The molecule has 140 valence electrons. The number of hydrogen-bond acceptors (Lipinski definition) is 5. The molecule has 2 heterocycles. The van der Waals surface area contributed by atoms with Gasteiger partial charge in [0.15, 0.2) is 5.82 Å². The van der Waals surface area contributed by atoms with E-state index in [9.17, 15) is 4.79 Å². The summed E-state index contributed by atoms with van der Waals surface area (Å²) < 4.78 is 7.00. The lowest BCUT2D eigenvalue weighted by atomic mass is 9.98. The molecule has 27 heavy (non-hydrogen) atoms. The normalized spacial score (nSPS) is 10.8. The number of hydrogen-bond donors (Lipinski definition) is 0. The van der Waals surface area contributed by atoms with Gasteiger partial charge in [-0.25, -0.2) is 0 Å². The van der Waals surface area contributed by atoms with Crippen molar-refractivity contribution < 1.29 is 9.53 Å². The van der Waals surface area contributed by atoms with Crippen LogP contribution < -0.4 is 0 Å². The van der Waals surface area contributed by atoms with Gasteiger partial charge in [-0.2, -0.15) is 0 Å². The first-order valence-corrected chi connectivity index (χ1v) is 8.74. The van der Waals surface area contributed by atoms with Crippen molar-refractivity contribution in [3.8, 4) is 11.1 Å². The Balaban J connectivity index is 1.87. The molecule has 0 aliphatic rings. The van der Waals surface area contributed by atoms with Crippen LogP contribution in [0, 0.1) is 6.92 Å². The van der Waals surface area contributed by atoms with E-state index < -0.39 is 0 Å². The molecule has 3 aromatic rings. The lowest BCUT2D eigenvalue weighted by Crippen LogP contribution is -2.29. The summed E-state index contributed by atoms with van der Waals surface area (Å²) in [6.07, 6.45) is 3.38. The van der Waals surface area contributed by atoms with Crippen molar-refractivity contribution >= 4 is 5.91 Å². The molecule has 7 heteroatoms. The third-order valence-corrected chi connectivity index (χ3v) is 4.40. The molecule has 0 aliphatic carbocycles. The minimum Gasteiger partial charge on any atom is -0.383 e. The predicted molar refractivity (Wildman–Crippen MR) is 102 cm³/mol. The second kappa shape index (κ2) is 8.55. The number of nitrogens with zero attached hydrogens (tertiary/aromatic N) is 5. The topological polar surface area (TPSA) is 73.1 Å². The minimum absolute atomic E-state index is 0.0965. The number of ether oxygens (including phenoxy) is 1. The van der Waals surface area contributed by atoms with Gasteiger partial charge in [0.25, 0.3) is 5.91 Å². The highest BCUT2D eigenvalue weighted by Crippen LogP contribution is 2.26. The smallest absolute Gasteiger partial charge is 0.256 e. The van der Waals surface area contributed by atoms with Gasteiger partial charge in [0.1, 0.15) is 6.33 Å². The van der Waals surface area contributed by atoms with Gasteiger partial charge in [-0.05, 0) is 24.1 Å². The average Bonchev–Trinajstić information content (AvgIpc) is 3.13. The first-order valence-electron chi connectivity index (χ1n) is 8.74. The fourth-order valence-corrected chi connectivity index (χ4v) is 2.95. The number of aromatic nitrogens is 4. The average molecular weight is 365 g/mol. The maximum Gasteiger partial charge on any atom is 0.256 e. The Hall–Kier alpha value is -3.06.